The van der Waals surface area contributed by atoms with Crippen LogP contribution in [-0.2, 0) is 6.54 Å². The van der Waals surface area contributed by atoms with Crippen molar-refractivity contribution in [3.8, 4) is 5.75 Å². The van der Waals surface area contributed by atoms with Crippen LogP contribution in [0.3, 0.4) is 0 Å². The predicted octanol–water partition coefficient (Wildman–Crippen LogP) is 1.07. The number of benzene rings is 1. The van der Waals surface area contributed by atoms with E-state index < -0.39 is 0 Å². The fourth-order valence-electron chi connectivity index (χ4n) is 3.22. The molecule has 3 aromatic rings. The summed E-state index contributed by atoms with van der Waals surface area (Å²) in [6.07, 6.45) is 3.41. The van der Waals surface area contributed by atoms with Gasteiger partial charge in [0.05, 0.1) is 6.54 Å². The molecule has 1 fully saturated rings. The van der Waals surface area contributed by atoms with Gasteiger partial charge in [-0.3, -0.25) is 9.59 Å². The van der Waals surface area contributed by atoms with Gasteiger partial charge in [-0.1, -0.05) is 18.2 Å². The van der Waals surface area contributed by atoms with E-state index in [9.17, 15) is 9.59 Å². The molecule has 1 amide bonds. The minimum Gasteiger partial charge on any atom is -0.492 e. The largest absolute Gasteiger partial charge is 0.492 e. The molecule has 0 spiro atoms. The van der Waals surface area contributed by atoms with E-state index in [0.29, 0.717) is 32.1 Å². The Labute approximate surface area is 173 Å². The molecule has 3 heterocycles. The average molecular weight is 406 g/mol. The number of amides is 1. The molecule has 1 aromatic carbocycles. The molecular weight excluding hydrogens is 384 g/mol. The highest BCUT2D eigenvalue weighted by molar-refractivity contribution is 5.92. The van der Waals surface area contributed by atoms with E-state index in [1.54, 1.807) is 23.4 Å². The number of ether oxygens (including phenoxy) is 1. The Morgan fingerprint density at radius 1 is 0.933 bits per heavy atom. The zero-order chi connectivity index (χ0) is 20.8. The van der Waals surface area contributed by atoms with Crippen LogP contribution in [0.4, 0.5) is 5.95 Å². The summed E-state index contributed by atoms with van der Waals surface area (Å²) < 4.78 is 6.89. The lowest BCUT2D eigenvalue weighted by Crippen LogP contribution is -2.49. The van der Waals surface area contributed by atoms with Gasteiger partial charge in [0, 0.05) is 44.6 Å². The second kappa shape index (κ2) is 9.17. The van der Waals surface area contributed by atoms with Gasteiger partial charge in [0.2, 0.25) is 5.95 Å². The first kappa shape index (κ1) is 19.6. The first-order chi connectivity index (χ1) is 14.7. The van der Waals surface area contributed by atoms with Gasteiger partial charge in [0.25, 0.3) is 11.5 Å². The third-order valence-corrected chi connectivity index (χ3v) is 4.80. The first-order valence-corrected chi connectivity index (χ1v) is 9.78. The zero-order valence-corrected chi connectivity index (χ0v) is 16.4. The van der Waals surface area contributed by atoms with Crippen LogP contribution in [0.15, 0.2) is 65.7 Å². The molecule has 9 nitrogen and oxygen atoms in total. The summed E-state index contributed by atoms with van der Waals surface area (Å²) in [5.41, 5.74) is -0.0204. The van der Waals surface area contributed by atoms with Gasteiger partial charge >= 0.3 is 0 Å². The average Bonchev–Trinajstić information content (AvgIpc) is 2.81. The van der Waals surface area contributed by atoms with Crippen molar-refractivity contribution in [2.24, 2.45) is 0 Å². The number of hydrogen-bond donors (Lipinski definition) is 0. The minimum atomic E-state index is -0.269. The summed E-state index contributed by atoms with van der Waals surface area (Å²) in [5, 5.41) is 4.25. The highest BCUT2D eigenvalue weighted by Crippen LogP contribution is 2.12. The summed E-state index contributed by atoms with van der Waals surface area (Å²) in [6, 6.07) is 14.0. The molecule has 0 bridgehead atoms. The lowest BCUT2D eigenvalue weighted by molar-refractivity contribution is 0.0737. The van der Waals surface area contributed by atoms with E-state index in [4.69, 9.17) is 4.74 Å². The number of hydrogen-bond acceptors (Lipinski definition) is 7. The van der Waals surface area contributed by atoms with Crippen LogP contribution in [0.1, 0.15) is 10.5 Å². The van der Waals surface area contributed by atoms with Crippen LogP contribution in [0, 0.1) is 0 Å². The van der Waals surface area contributed by atoms with Crippen molar-refractivity contribution in [3.63, 3.8) is 0 Å². The molecule has 0 aliphatic carbocycles. The number of para-hydroxylation sites is 1. The highest BCUT2D eigenvalue weighted by Gasteiger charge is 2.24. The van der Waals surface area contributed by atoms with Gasteiger partial charge in [0.1, 0.15) is 18.1 Å². The second-order valence-electron chi connectivity index (χ2n) is 6.77. The van der Waals surface area contributed by atoms with E-state index in [-0.39, 0.29) is 30.3 Å². The number of piperazine rings is 1. The molecule has 1 aliphatic heterocycles. The smallest absolute Gasteiger partial charge is 0.274 e. The van der Waals surface area contributed by atoms with Crippen LogP contribution < -0.4 is 15.2 Å². The minimum absolute atomic E-state index is 0.193. The molecule has 0 unspecified atom stereocenters. The van der Waals surface area contributed by atoms with Crippen molar-refractivity contribution in [3.05, 3.63) is 77.0 Å². The number of aromatic nitrogens is 4. The number of carbonyl (C=O) groups is 1. The van der Waals surface area contributed by atoms with Crippen molar-refractivity contribution in [2.45, 2.75) is 6.54 Å². The first-order valence-electron chi connectivity index (χ1n) is 9.78. The Morgan fingerprint density at radius 2 is 1.67 bits per heavy atom. The Bertz CT molecular complexity index is 1030. The second-order valence-corrected chi connectivity index (χ2v) is 6.77. The monoisotopic (exact) mass is 406 g/mol. The Balaban J connectivity index is 1.36. The SMILES string of the molecule is O=C(c1ccc(=O)n(CCOc2ccccc2)n1)N1CCN(c2ncccn2)CC1. The number of carbonyl (C=O) groups excluding carboxylic acids is 1. The molecule has 9 heteroatoms. The molecule has 1 saturated heterocycles. The lowest BCUT2D eigenvalue weighted by Gasteiger charge is -2.34. The van der Waals surface area contributed by atoms with Crippen molar-refractivity contribution < 1.29 is 9.53 Å². The van der Waals surface area contributed by atoms with Gasteiger partial charge < -0.3 is 14.5 Å². The Morgan fingerprint density at radius 3 is 2.40 bits per heavy atom. The quantitative estimate of drug-likeness (QED) is 0.605. The third-order valence-electron chi connectivity index (χ3n) is 4.80. The van der Waals surface area contributed by atoms with Gasteiger partial charge in [-0.15, -0.1) is 0 Å². The maximum Gasteiger partial charge on any atom is 0.274 e. The van der Waals surface area contributed by atoms with Crippen molar-refractivity contribution in [1.29, 1.82) is 0 Å². The van der Waals surface area contributed by atoms with Gasteiger partial charge in [0.15, 0.2) is 0 Å². The van der Waals surface area contributed by atoms with E-state index >= 15 is 0 Å². The summed E-state index contributed by atoms with van der Waals surface area (Å²) >= 11 is 0. The van der Waals surface area contributed by atoms with Crippen molar-refractivity contribution in [1.82, 2.24) is 24.6 Å². The van der Waals surface area contributed by atoms with Crippen LogP contribution in [0.2, 0.25) is 0 Å². The topological polar surface area (TPSA) is 93.4 Å². The van der Waals surface area contributed by atoms with E-state index in [1.165, 1.54) is 16.8 Å². The molecule has 0 saturated carbocycles. The van der Waals surface area contributed by atoms with E-state index in [2.05, 4.69) is 15.1 Å². The molecule has 154 valence electrons. The van der Waals surface area contributed by atoms with Crippen LogP contribution in [-0.4, -0.2) is 63.3 Å². The molecule has 0 N–H and O–H groups in total. The fourth-order valence-corrected chi connectivity index (χ4v) is 3.22. The van der Waals surface area contributed by atoms with Crippen molar-refractivity contribution >= 4 is 11.9 Å². The summed E-state index contributed by atoms with van der Waals surface area (Å²) in [7, 11) is 0. The maximum atomic E-state index is 12.9. The number of anilines is 1. The van der Waals surface area contributed by atoms with Crippen molar-refractivity contribution in [2.75, 3.05) is 37.7 Å². The molecule has 1 aliphatic rings. The highest BCUT2D eigenvalue weighted by atomic mass is 16.5. The fraction of sp³-hybridized carbons (Fsp3) is 0.286. The van der Waals surface area contributed by atoms with E-state index in [1.807, 2.05) is 35.2 Å². The lowest BCUT2D eigenvalue weighted by atomic mass is 10.2. The van der Waals surface area contributed by atoms with Crippen LogP contribution in [0.25, 0.3) is 0 Å². The molecule has 2 aromatic heterocycles. The van der Waals surface area contributed by atoms with E-state index in [0.717, 1.165) is 5.75 Å². The predicted molar refractivity (Wildman–Crippen MR) is 111 cm³/mol. The molecule has 30 heavy (non-hydrogen) atoms. The molecule has 0 atom stereocenters. The van der Waals surface area contributed by atoms with Gasteiger partial charge in [-0.05, 0) is 24.3 Å². The summed E-state index contributed by atoms with van der Waals surface area (Å²) in [6.45, 7) is 2.89. The molecule has 0 radical (unpaired) electrons. The van der Waals surface area contributed by atoms with Crippen LogP contribution >= 0.6 is 0 Å². The Kier molecular flexibility index (Phi) is 5.98. The zero-order valence-electron chi connectivity index (χ0n) is 16.4. The third kappa shape index (κ3) is 4.62. The van der Waals surface area contributed by atoms with Gasteiger partial charge in [-0.25, -0.2) is 14.6 Å². The maximum absolute atomic E-state index is 12.9. The molecular formula is C21H22N6O3. The normalized spacial score (nSPS) is 13.9. The molecule has 4 rings (SSSR count). The summed E-state index contributed by atoms with van der Waals surface area (Å²) in [4.78, 5) is 37.3. The summed E-state index contributed by atoms with van der Waals surface area (Å²) in [5.74, 6) is 1.19. The van der Waals surface area contributed by atoms with Crippen LogP contribution in [0.5, 0.6) is 5.75 Å². The number of nitrogens with zero attached hydrogens (tertiary/aromatic N) is 6. The Hall–Kier alpha value is -3.75. The standard InChI is InChI=1S/C21H22N6O3/c28-19-8-7-18(24-27(19)15-16-30-17-5-2-1-3-6-17)20(29)25-11-13-26(14-12-25)21-22-9-4-10-23-21/h1-10H,11-16H2. The van der Waals surface area contributed by atoms with Gasteiger partial charge in [-0.2, -0.15) is 5.10 Å². The number of rotatable bonds is 6.